The second-order valence-electron chi connectivity index (χ2n) is 7.47. The number of rotatable bonds is 9. The van der Waals surface area contributed by atoms with Crippen molar-refractivity contribution in [2.24, 2.45) is 12.1 Å². The summed E-state index contributed by atoms with van der Waals surface area (Å²) in [5, 5.41) is 14.7. The van der Waals surface area contributed by atoms with E-state index < -0.39 is 17.4 Å². The molecule has 0 radical (unpaired) electrons. The standard InChI is InChI=1S/C24H24N6O4/c1-29-21-20(22(32)27-24(29)33)30(15-18(31)16-34-19-12-6-3-7-13-19)23(26-21)28-25-14-8-11-17-9-4-2-5-10-17/h2-14,18,31H,15-16H2,1H3,(H,26,28)(H,27,32,33)/b11-8+,25-14+. The van der Waals surface area contributed by atoms with Crippen molar-refractivity contribution >= 4 is 29.4 Å². The van der Waals surface area contributed by atoms with Gasteiger partial charge in [0.05, 0.1) is 6.54 Å². The van der Waals surface area contributed by atoms with Crippen molar-refractivity contribution in [1.29, 1.82) is 0 Å². The third-order valence-electron chi connectivity index (χ3n) is 5.00. The number of hydrazone groups is 1. The number of aromatic nitrogens is 4. The fourth-order valence-electron chi connectivity index (χ4n) is 3.33. The molecule has 3 N–H and O–H groups in total. The lowest BCUT2D eigenvalue weighted by Crippen LogP contribution is -2.30. The van der Waals surface area contributed by atoms with Gasteiger partial charge in [-0.25, -0.2) is 10.2 Å². The Hall–Kier alpha value is -4.44. The van der Waals surface area contributed by atoms with Crippen LogP contribution in [0.2, 0.25) is 0 Å². The first kappa shape index (κ1) is 22.7. The smallest absolute Gasteiger partial charge is 0.329 e. The van der Waals surface area contributed by atoms with Crippen molar-refractivity contribution in [2.75, 3.05) is 12.0 Å². The van der Waals surface area contributed by atoms with Gasteiger partial charge in [-0.1, -0.05) is 54.6 Å². The van der Waals surface area contributed by atoms with Crippen molar-refractivity contribution in [2.45, 2.75) is 12.6 Å². The van der Waals surface area contributed by atoms with E-state index >= 15 is 0 Å². The molecule has 34 heavy (non-hydrogen) atoms. The Morgan fingerprint density at radius 2 is 1.85 bits per heavy atom. The van der Waals surface area contributed by atoms with E-state index in [9.17, 15) is 14.7 Å². The molecular weight excluding hydrogens is 436 g/mol. The van der Waals surface area contributed by atoms with Crippen LogP contribution >= 0.6 is 0 Å². The number of hydrogen-bond donors (Lipinski definition) is 3. The van der Waals surface area contributed by atoms with Crippen molar-refractivity contribution in [1.82, 2.24) is 19.1 Å². The van der Waals surface area contributed by atoms with Gasteiger partial charge in [-0.15, -0.1) is 0 Å². The van der Waals surface area contributed by atoms with Gasteiger partial charge in [0.25, 0.3) is 5.56 Å². The van der Waals surface area contributed by atoms with Gasteiger partial charge in [-0.3, -0.25) is 14.3 Å². The monoisotopic (exact) mass is 460 g/mol. The number of aromatic amines is 1. The van der Waals surface area contributed by atoms with Crippen LogP contribution in [0.5, 0.6) is 5.75 Å². The average molecular weight is 460 g/mol. The summed E-state index contributed by atoms with van der Waals surface area (Å²) in [5.41, 5.74) is 2.92. The topological polar surface area (TPSA) is 127 Å². The largest absolute Gasteiger partial charge is 0.491 e. The average Bonchev–Trinajstić information content (AvgIpc) is 3.21. The highest BCUT2D eigenvalue weighted by Crippen LogP contribution is 2.17. The molecule has 0 aliphatic carbocycles. The van der Waals surface area contributed by atoms with Crippen LogP contribution in [-0.4, -0.2) is 43.1 Å². The number of allylic oxidation sites excluding steroid dienone is 1. The summed E-state index contributed by atoms with van der Waals surface area (Å²) in [6.07, 6.45) is 4.21. The van der Waals surface area contributed by atoms with Gasteiger partial charge >= 0.3 is 5.69 Å². The van der Waals surface area contributed by atoms with Crippen LogP contribution in [0.25, 0.3) is 17.2 Å². The number of H-pyrrole nitrogens is 1. The number of nitrogens with one attached hydrogen (secondary N) is 2. The number of anilines is 1. The van der Waals surface area contributed by atoms with E-state index in [-0.39, 0.29) is 30.3 Å². The number of aliphatic hydroxyl groups is 1. The van der Waals surface area contributed by atoms with Crippen LogP contribution in [0.1, 0.15) is 5.56 Å². The normalized spacial score (nSPS) is 12.5. The molecule has 2 heterocycles. The fraction of sp³-hybridized carbons (Fsp3) is 0.167. The maximum Gasteiger partial charge on any atom is 0.329 e. The van der Waals surface area contributed by atoms with E-state index in [1.807, 2.05) is 54.6 Å². The maximum atomic E-state index is 12.6. The molecule has 0 fully saturated rings. The van der Waals surface area contributed by atoms with Gasteiger partial charge < -0.3 is 14.4 Å². The van der Waals surface area contributed by atoms with Crippen molar-refractivity contribution in [3.8, 4) is 5.75 Å². The lowest BCUT2D eigenvalue weighted by atomic mass is 10.2. The zero-order valence-electron chi connectivity index (χ0n) is 18.5. The lowest BCUT2D eigenvalue weighted by molar-refractivity contribution is 0.0938. The quantitative estimate of drug-likeness (QED) is 0.259. The lowest BCUT2D eigenvalue weighted by Gasteiger charge is -2.15. The summed E-state index contributed by atoms with van der Waals surface area (Å²) in [4.78, 5) is 31.2. The highest BCUT2D eigenvalue weighted by atomic mass is 16.5. The third kappa shape index (κ3) is 5.30. The summed E-state index contributed by atoms with van der Waals surface area (Å²) >= 11 is 0. The molecule has 0 amide bonds. The van der Waals surface area contributed by atoms with Crippen molar-refractivity contribution in [3.63, 3.8) is 0 Å². The second kappa shape index (κ2) is 10.5. The Kier molecular flexibility index (Phi) is 6.99. The van der Waals surface area contributed by atoms with Crippen LogP contribution < -0.4 is 21.4 Å². The Morgan fingerprint density at radius 3 is 2.59 bits per heavy atom. The van der Waals surface area contributed by atoms with E-state index in [1.54, 1.807) is 18.2 Å². The van der Waals surface area contributed by atoms with Crippen LogP contribution in [0.4, 0.5) is 5.95 Å². The summed E-state index contributed by atoms with van der Waals surface area (Å²) in [5.74, 6) is 0.815. The molecule has 10 heteroatoms. The predicted molar refractivity (Wildman–Crippen MR) is 131 cm³/mol. The third-order valence-corrected chi connectivity index (χ3v) is 5.00. The summed E-state index contributed by atoms with van der Waals surface area (Å²) < 4.78 is 8.32. The van der Waals surface area contributed by atoms with Gasteiger partial charge in [0.1, 0.15) is 18.5 Å². The number of aryl methyl sites for hydroxylation is 1. The highest BCUT2D eigenvalue weighted by molar-refractivity contribution is 5.79. The molecule has 0 bridgehead atoms. The van der Waals surface area contributed by atoms with Crippen LogP contribution in [0.3, 0.4) is 0 Å². The number of ether oxygens (including phenoxy) is 1. The summed E-state index contributed by atoms with van der Waals surface area (Å²) in [6.45, 7) is -0.0157. The van der Waals surface area contributed by atoms with Crippen LogP contribution in [0.15, 0.2) is 81.4 Å². The number of imidazole rings is 1. The molecule has 1 atom stereocenters. The molecule has 174 valence electrons. The molecule has 0 saturated heterocycles. The molecule has 0 saturated carbocycles. The number of aliphatic hydroxyl groups excluding tert-OH is 1. The SMILES string of the molecule is Cn1c(=O)[nH]c(=O)c2c1nc(N/N=C/C=C/c1ccccc1)n2CC(O)COc1ccccc1. The summed E-state index contributed by atoms with van der Waals surface area (Å²) in [7, 11) is 1.50. The van der Waals surface area contributed by atoms with E-state index in [0.717, 1.165) is 5.56 Å². The summed E-state index contributed by atoms with van der Waals surface area (Å²) in [6, 6.07) is 18.8. The molecule has 0 aliphatic rings. The van der Waals surface area contributed by atoms with Crippen LogP contribution in [0, 0.1) is 0 Å². The Labute approximate surface area is 194 Å². The number of para-hydroxylation sites is 1. The second-order valence-corrected chi connectivity index (χ2v) is 7.47. The molecule has 4 aromatic rings. The van der Waals surface area contributed by atoms with E-state index in [2.05, 4.69) is 20.5 Å². The molecule has 0 aliphatic heterocycles. The molecule has 4 rings (SSSR count). The molecule has 10 nitrogen and oxygen atoms in total. The predicted octanol–water partition coefficient (Wildman–Crippen LogP) is 1.97. The minimum Gasteiger partial charge on any atom is -0.491 e. The van der Waals surface area contributed by atoms with E-state index in [4.69, 9.17) is 4.74 Å². The number of benzene rings is 2. The highest BCUT2D eigenvalue weighted by Gasteiger charge is 2.19. The van der Waals surface area contributed by atoms with Crippen LogP contribution in [-0.2, 0) is 13.6 Å². The molecule has 1 unspecified atom stereocenters. The van der Waals surface area contributed by atoms with E-state index in [1.165, 1.54) is 22.4 Å². The van der Waals surface area contributed by atoms with E-state index in [0.29, 0.717) is 5.75 Å². The van der Waals surface area contributed by atoms with Gasteiger partial charge in [0.2, 0.25) is 5.95 Å². The first-order chi connectivity index (χ1) is 16.5. The minimum atomic E-state index is -0.961. The number of hydrogen-bond acceptors (Lipinski definition) is 7. The van der Waals surface area contributed by atoms with Gasteiger partial charge in [-0.05, 0) is 23.8 Å². The Morgan fingerprint density at radius 1 is 1.15 bits per heavy atom. The first-order valence-corrected chi connectivity index (χ1v) is 10.6. The van der Waals surface area contributed by atoms with Gasteiger partial charge in [0, 0.05) is 13.3 Å². The Bertz CT molecular complexity index is 1420. The fourth-order valence-corrected chi connectivity index (χ4v) is 3.33. The maximum absolute atomic E-state index is 12.6. The van der Waals surface area contributed by atoms with Crippen molar-refractivity contribution in [3.05, 3.63) is 93.1 Å². The molecule has 2 aromatic carbocycles. The molecule has 2 aromatic heterocycles. The Balaban J connectivity index is 1.57. The zero-order chi connectivity index (χ0) is 23.9. The zero-order valence-corrected chi connectivity index (χ0v) is 18.5. The first-order valence-electron chi connectivity index (χ1n) is 10.6. The van der Waals surface area contributed by atoms with Gasteiger partial charge in [-0.2, -0.15) is 10.1 Å². The van der Waals surface area contributed by atoms with Gasteiger partial charge in [0.15, 0.2) is 11.2 Å². The molecule has 0 spiro atoms. The number of nitrogens with zero attached hydrogens (tertiary/aromatic N) is 4. The molecular formula is C24H24N6O4. The minimum absolute atomic E-state index is 0.00409. The number of fused-ring (bicyclic) bond motifs is 1. The van der Waals surface area contributed by atoms with Crippen molar-refractivity contribution < 1.29 is 9.84 Å².